The lowest BCUT2D eigenvalue weighted by atomic mass is 11.5. The van der Waals surface area contributed by atoms with Crippen LogP contribution in [-0.2, 0) is 0 Å². The average molecular weight is 178 g/mol. The highest BCUT2D eigenvalue weighted by Gasteiger charge is 2.54. The van der Waals surface area contributed by atoms with Crippen molar-refractivity contribution in [3.8, 4) is 0 Å². The molecule has 0 aromatic heterocycles. The number of hydrogen-bond donors (Lipinski definition) is 0. The van der Waals surface area contributed by atoms with Crippen molar-refractivity contribution >= 4 is 8.07 Å². The minimum Gasteiger partial charge on any atom is -0.254 e. The molecule has 6 heteroatoms. The van der Waals surface area contributed by atoms with Gasteiger partial charge in [0.25, 0.3) is 0 Å². The molecule has 10 heavy (non-hydrogen) atoms. The quantitative estimate of drug-likeness (QED) is 0.449. The lowest BCUT2D eigenvalue weighted by Crippen LogP contribution is -2.52. The lowest BCUT2D eigenvalue weighted by Gasteiger charge is -2.22. The molecule has 0 heterocycles. The van der Waals surface area contributed by atoms with Crippen LogP contribution in [0.25, 0.3) is 0 Å². The third-order valence-electron chi connectivity index (χ3n) is 1.27. The maximum absolute atomic E-state index is 11.7. The van der Waals surface area contributed by atoms with E-state index in [0.29, 0.717) is 6.55 Å². The van der Waals surface area contributed by atoms with Gasteiger partial charge in [-0.3, -0.25) is 8.78 Å². The smallest absolute Gasteiger partial charge is 0.254 e. The van der Waals surface area contributed by atoms with Gasteiger partial charge in [-0.05, 0) is 0 Å². The van der Waals surface area contributed by atoms with Gasteiger partial charge in [0.1, 0.15) is 0 Å². The number of alkyl halides is 5. The van der Waals surface area contributed by atoms with Crippen LogP contribution in [0, 0.1) is 0 Å². The molecule has 0 nitrogen and oxygen atoms in total. The fraction of sp³-hybridized carbons (Fsp3) is 1.00. The van der Waals surface area contributed by atoms with E-state index < -0.39 is 26.5 Å². The Morgan fingerprint density at radius 3 is 1.40 bits per heavy atom. The summed E-state index contributed by atoms with van der Waals surface area (Å²) < 4.78 is 58.3. The minimum atomic E-state index is -4.66. The first-order valence-corrected chi connectivity index (χ1v) is 5.47. The summed E-state index contributed by atoms with van der Waals surface area (Å²) in [5.41, 5.74) is 0. The maximum Gasteiger partial charge on any atom is 0.366 e. The molecule has 0 aliphatic heterocycles. The molecule has 0 aliphatic carbocycles. The van der Waals surface area contributed by atoms with Crippen molar-refractivity contribution in [1.29, 1.82) is 0 Å². The Hall–Kier alpha value is -0.133. The topological polar surface area (TPSA) is 0 Å². The second-order valence-electron chi connectivity index (χ2n) is 2.33. The zero-order valence-electron chi connectivity index (χ0n) is 5.30. The van der Waals surface area contributed by atoms with Crippen molar-refractivity contribution in [2.75, 3.05) is 12.6 Å². The zero-order chi connectivity index (χ0) is 8.41. The van der Waals surface area contributed by atoms with Crippen molar-refractivity contribution in [3.63, 3.8) is 0 Å². The van der Waals surface area contributed by atoms with Gasteiger partial charge >= 0.3 is 5.80 Å². The van der Waals surface area contributed by atoms with E-state index in [9.17, 15) is 22.0 Å². The molecule has 0 N–H and O–H groups in total. The molecule has 0 spiro atoms. The molecule has 0 atom stereocenters. The summed E-state index contributed by atoms with van der Waals surface area (Å²) >= 11 is 0. The Kier molecular flexibility index (Phi) is 2.82. The van der Waals surface area contributed by atoms with Crippen molar-refractivity contribution in [2.45, 2.75) is 12.3 Å². The van der Waals surface area contributed by atoms with Gasteiger partial charge in [0.15, 0.2) is 0 Å². The van der Waals surface area contributed by atoms with Gasteiger partial charge in [-0.1, -0.05) is 6.55 Å². The van der Waals surface area contributed by atoms with Crippen LogP contribution in [0.5, 0.6) is 0 Å². The lowest BCUT2D eigenvalue weighted by molar-refractivity contribution is -0.0594. The SMILES string of the molecule is C[Si](CF)(CF)C(F)(F)F. The third kappa shape index (κ3) is 1.68. The van der Waals surface area contributed by atoms with Crippen molar-refractivity contribution in [1.82, 2.24) is 0 Å². The maximum atomic E-state index is 11.7. The Morgan fingerprint density at radius 1 is 1.10 bits per heavy atom. The largest absolute Gasteiger partial charge is 0.366 e. The minimum absolute atomic E-state index is 0.646. The first kappa shape index (κ1) is 9.87. The summed E-state index contributed by atoms with van der Waals surface area (Å²) in [6, 6.07) is 0. The van der Waals surface area contributed by atoms with Crippen LogP contribution in [0.3, 0.4) is 0 Å². The van der Waals surface area contributed by atoms with Crippen LogP contribution in [-0.4, -0.2) is 26.5 Å². The van der Waals surface area contributed by atoms with Crippen LogP contribution in [0.2, 0.25) is 6.55 Å². The molecule has 0 bridgehead atoms. The normalized spacial score (nSPS) is 13.8. The summed E-state index contributed by atoms with van der Waals surface area (Å²) in [5.74, 6) is -4.66. The van der Waals surface area contributed by atoms with Crippen molar-refractivity contribution in [2.24, 2.45) is 0 Å². The second-order valence-corrected chi connectivity index (χ2v) is 6.55. The van der Waals surface area contributed by atoms with Crippen LogP contribution in [0.15, 0.2) is 0 Å². The van der Waals surface area contributed by atoms with E-state index in [1.807, 2.05) is 0 Å². The van der Waals surface area contributed by atoms with Gasteiger partial charge in [0, 0.05) is 0 Å². The number of hydrogen-bond acceptors (Lipinski definition) is 0. The van der Waals surface area contributed by atoms with Crippen LogP contribution >= 0.6 is 0 Å². The summed E-state index contributed by atoms with van der Waals surface area (Å²) in [5, 5.41) is 0. The zero-order valence-corrected chi connectivity index (χ0v) is 6.30. The molecule has 62 valence electrons. The van der Waals surface area contributed by atoms with E-state index >= 15 is 0 Å². The third-order valence-corrected chi connectivity index (χ3v) is 3.82. The molecule has 0 fully saturated rings. The van der Waals surface area contributed by atoms with E-state index in [1.165, 1.54) is 0 Å². The first-order valence-electron chi connectivity index (χ1n) is 2.56. The molecular formula is C4H7F5Si. The standard InChI is InChI=1S/C4H7F5Si/c1-10(2-5,3-6)4(7,8)9/h2-3H2,1H3. The van der Waals surface area contributed by atoms with Crippen molar-refractivity contribution in [3.05, 3.63) is 0 Å². The van der Waals surface area contributed by atoms with Crippen LogP contribution in [0.4, 0.5) is 22.0 Å². The molecule has 0 saturated carbocycles. The molecule has 0 radical (unpaired) electrons. The van der Waals surface area contributed by atoms with Gasteiger partial charge in [-0.15, -0.1) is 0 Å². The molecule has 0 saturated heterocycles. The molecule has 0 aliphatic rings. The number of rotatable bonds is 2. The highest BCUT2D eigenvalue weighted by molar-refractivity contribution is 6.80. The van der Waals surface area contributed by atoms with Gasteiger partial charge in [0.2, 0.25) is 8.07 Å². The van der Waals surface area contributed by atoms with E-state index in [4.69, 9.17) is 0 Å². The van der Waals surface area contributed by atoms with Gasteiger partial charge in [-0.2, -0.15) is 13.2 Å². The Balaban J connectivity index is 4.33. The molecular weight excluding hydrogens is 171 g/mol. The monoisotopic (exact) mass is 178 g/mol. The Bertz CT molecular complexity index is 105. The summed E-state index contributed by atoms with van der Waals surface area (Å²) in [6.45, 7) is 0.646. The van der Waals surface area contributed by atoms with E-state index in [2.05, 4.69) is 0 Å². The summed E-state index contributed by atoms with van der Waals surface area (Å²) in [7, 11) is -4.23. The molecule has 0 aromatic carbocycles. The van der Waals surface area contributed by atoms with Crippen LogP contribution < -0.4 is 0 Å². The van der Waals surface area contributed by atoms with Gasteiger partial charge < -0.3 is 0 Å². The molecule has 0 amide bonds. The highest BCUT2D eigenvalue weighted by atomic mass is 28.3. The Labute approximate surface area is 56.0 Å². The predicted molar refractivity (Wildman–Crippen MR) is 29.6 cm³/mol. The first-order chi connectivity index (χ1) is 4.37. The van der Waals surface area contributed by atoms with E-state index in [0.717, 1.165) is 0 Å². The fourth-order valence-electron chi connectivity index (χ4n) is 0.187. The van der Waals surface area contributed by atoms with Gasteiger partial charge in [-0.25, -0.2) is 0 Å². The Morgan fingerprint density at radius 2 is 1.40 bits per heavy atom. The molecule has 0 aromatic rings. The molecule has 0 rings (SSSR count). The summed E-state index contributed by atoms with van der Waals surface area (Å²) in [4.78, 5) is 0. The predicted octanol–water partition coefficient (Wildman–Crippen LogP) is 2.18. The second kappa shape index (κ2) is 2.85. The number of halogens is 5. The highest BCUT2D eigenvalue weighted by Crippen LogP contribution is 2.28. The van der Waals surface area contributed by atoms with E-state index in [1.54, 1.807) is 0 Å². The summed E-state index contributed by atoms with van der Waals surface area (Å²) in [6.07, 6.45) is -3.15. The van der Waals surface area contributed by atoms with E-state index in [-0.39, 0.29) is 0 Å². The van der Waals surface area contributed by atoms with Crippen molar-refractivity contribution < 1.29 is 22.0 Å². The molecule has 0 unspecified atom stereocenters. The fourth-order valence-corrected chi connectivity index (χ4v) is 0.562. The van der Waals surface area contributed by atoms with Gasteiger partial charge in [0.05, 0.1) is 12.6 Å². The average Bonchev–Trinajstić information content (AvgIpc) is 1.84. The van der Waals surface area contributed by atoms with Crippen LogP contribution in [0.1, 0.15) is 0 Å².